The van der Waals surface area contributed by atoms with Crippen molar-refractivity contribution in [2.75, 3.05) is 40.9 Å². The molecule has 0 fully saturated rings. The zero-order chi connectivity index (χ0) is 11.9. The van der Waals surface area contributed by atoms with Crippen LogP contribution in [0.2, 0.25) is 0 Å². The van der Waals surface area contributed by atoms with E-state index in [9.17, 15) is 4.57 Å². The number of phosphoric ester groups is 1. The van der Waals surface area contributed by atoms with Crippen molar-refractivity contribution in [3.05, 3.63) is 0 Å². The van der Waals surface area contributed by atoms with Gasteiger partial charge in [0.1, 0.15) is 13.2 Å². The van der Waals surface area contributed by atoms with Gasteiger partial charge in [0, 0.05) is 0 Å². The number of hydrogen-bond acceptors (Lipinski definition) is 5. The Bertz CT molecular complexity index is 216. The number of quaternary nitrogens is 1. The van der Waals surface area contributed by atoms with Crippen LogP contribution in [0.5, 0.6) is 0 Å². The van der Waals surface area contributed by atoms with Crippen molar-refractivity contribution in [1.29, 1.82) is 0 Å². The van der Waals surface area contributed by atoms with Crippen LogP contribution in [0.15, 0.2) is 0 Å². The molecule has 0 saturated heterocycles. The van der Waals surface area contributed by atoms with Gasteiger partial charge in [-0.05, 0) is 6.42 Å². The van der Waals surface area contributed by atoms with Crippen LogP contribution in [-0.4, -0.2) is 50.6 Å². The van der Waals surface area contributed by atoms with Crippen LogP contribution in [0.4, 0.5) is 0 Å². The number of phosphoric acid groups is 1. The lowest BCUT2D eigenvalue weighted by molar-refractivity contribution is -0.870. The van der Waals surface area contributed by atoms with Gasteiger partial charge in [-0.1, -0.05) is 6.92 Å². The summed E-state index contributed by atoms with van der Waals surface area (Å²) in [5.74, 6) is 0. The molecule has 0 aromatic heterocycles. The molecule has 6 nitrogen and oxygen atoms in total. The van der Waals surface area contributed by atoms with Crippen LogP contribution in [0, 0.1) is 0 Å². The molecule has 0 aliphatic rings. The molecule has 0 spiro atoms. The maximum absolute atomic E-state index is 11.5. The molecule has 0 bridgehead atoms. The Labute approximate surface area is 90.9 Å². The summed E-state index contributed by atoms with van der Waals surface area (Å²) < 4.78 is 25.6. The second-order valence-electron chi connectivity index (χ2n) is 4.21. The van der Waals surface area contributed by atoms with E-state index in [2.05, 4.69) is 4.67 Å². The normalized spacial score (nSPS) is 16.3. The number of likely N-dealkylation sites (N-methyl/N-ethyl adjacent to an activating group) is 1. The summed E-state index contributed by atoms with van der Waals surface area (Å²) in [6, 6.07) is 0. The fourth-order valence-electron chi connectivity index (χ4n) is 0.714. The van der Waals surface area contributed by atoms with Gasteiger partial charge in [-0.25, -0.2) is 9.82 Å². The van der Waals surface area contributed by atoms with E-state index in [0.29, 0.717) is 17.4 Å². The fourth-order valence-corrected chi connectivity index (χ4v) is 1.59. The molecule has 0 amide bonds. The lowest BCUT2D eigenvalue weighted by Crippen LogP contribution is -2.37. The lowest BCUT2D eigenvalue weighted by Gasteiger charge is -2.24. The molecule has 15 heavy (non-hydrogen) atoms. The molecule has 1 atom stereocenters. The van der Waals surface area contributed by atoms with Crippen LogP contribution >= 0.6 is 7.82 Å². The first-order chi connectivity index (χ1) is 6.83. The second-order valence-corrected chi connectivity index (χ2v) is 5.78. The highest BCUT2D eigenvalue weighted by Crippen LogP contribution is 2.48. The Morgan fingerprint density at radius 1 is 1.20 bits per heavy atom. The predicted molar refractivity (Wildman–Crippen MR) is 56.4 cm³/mol. The monoisotopic (exact) mass is 242 g/mol. The molecule has 7 heteroatoms. The van der Waals surface area contributed by atoms with Crippen molar-refractivity contribution in [3.8, 4) is 0 Å². The van der Waals surface area contributed by atoms with Gasteiger partial charge in [0.25, 0.3) is 0 Å². The third-order valence-corrected chi connectivity index (χ3v) is 2.76. The highest BCUT2D eigenvalue weighted by Gasteiger charge is 2.27. The van der Waals surface area contributed by atoms with Gasteiger partial charge in [-0.2, -0.15) is 0 Å². The van der Waals surface area contributed by atoms with E-state index in [1.54, 1.807) is 0 Å². The Kier molecular flexibility index (Phi) is 6.59. The summed E-state index contributed by atoms with van der Waals surface area (Å²) >= 11 is 0. The largest absolute Gasteiger partial charge is 0.502 e. The molecule has 0 aliphatic heterocycles. The quantitative estimate of drug-likeness (QED) is 0.304. The molecule has 0 aromatic rings. The van der Waals surface area contributed by atoms with Crippen molar-refractivity contribution >= 4 is 7.82 Å². The van der Waals surface area contributed by atoms with Gasteiger partial charge >= 0.3 is 7.82 Å². The summed E-state index contributed by atoms with van der Waals surface area (Å²) in [4.78, 5) is 0. The van der Waals surface area contributed by atoms with E-state index in [4.69, 9.17) is 14.3 Å². The van der Waals surface area contributed by atoms with Crippen molar-refractivity contribution in [2.24, 2.45) is 0 Å². The van der Waals surface area contributed by atoms with E-state index < -0.39 is 7.82 Å². The zero-order valence-corrected chi connectivity index (χ0v) is 10.7. The van der Waals surface area contributed by atoms with E-state index in [1.807, 2.05) is 28.1 Å². The van der Waals surface area contributed by atoms with Gasteiger partial charge in [0.15, 0.2) is 0 Å². The molecule has 0 aromatic carbocycles. The highest BCUT2D eigenvalue weighted by molar-refractivity contribution is 7.48. The predicted octanol–water partition coefficient (Wildman–Crippen LogP) is 1.73. The van der Waals surface area contributed by atoms with Crippen LogP contribution < -0.4 is 0 Å². The minimum absolute atomic E-state index is 0.199. The van der Waals surface area contributed by atoms with Gasteiger partial charge in [0.2, 0.25) is 0 Å². The number of nitrogens with zero attached hydrogens (tertiary/aromatic N) is 1. The van der Waals surface area contributed by atoms with E-state index >= 15 is 0 Å². The second kappa shape index (κ2) is 6.58. The third kappa shape index (κ3) is 7.90. The van der Waals surface area contributed by atoms with Crippen LogP contribution in [0.3, 0.4) is 0 Å². The summed E-state index contributed by atoms with van der Waals surface area (Å²) in [6.07, 6.45) is 0.673. The number of rotatable bonds is 8. The highest BCUT2D eigenvalue weighted by atomic mass is 31.2. The molecule has 1 N–H and O–H groups in total. The molecule has 0 saturated carbocycles. The van der Waals surface area contributed by atoms with Gasteiger partial charge in [-0.15, -0.1) is 4.67 Å². The Hall–Kier alpha value is 0.0300. The third-order valence-electron chi connectivity index (χ3n) is 1.57. The average Bonchev–Trinajstić information content (AvgIpc) is 2.13. The summed E-state index contributed by atoms with van der Waals surface area (Å²) in [7, 11) is 2.16. The topological polar surface area (TPSA) is 65.0 Å². The average molecular weight is 242 g/mol. The molecule has 92 valence electrons. The minimum Gasteiger partial charge on any atom is -0.329 e. The zero-order valence-electron chi connectivity index (χ0n) is 9.80. The molecule has 1 unspecified atom stereocenters. The Morgan fingerprint density at radius 2 is 1.73 bits per heavy atom. The summed E-state index contributed by atoms with van der Waals surface area (Å²) in [5, 5.41) is 8.42. The fraction of sp³-hybridized carbons (Fsp3) is 1.00. The molecule has 0 rings (SSSR count). The van der Waals surface area contributed by atoms with Crippen molar-refractivity contribution < 1.29 is 28.0 Å². The number of hydrogen-bond donors (Lipinski definition) is 1. The van der Waals surface area contributed by atoms with Gasteiger partial charge in [-0.3, -0.25) is 9.05 Å². The first-order valence-electron chi connectivity index (χ1n) is 4.86. The SMILES string of the molecule is CCCOP(=O)(OO)OCC[N+](C)(C)C. The van der Waals surface area contributed by atoms with Crippen molar-refractivity contribution in [1.82, 2.24) is 0 Å². The Balaban J connectivity index is 3.93. The van der Waals surface area contributed by atoms with Crippen LogP contribution in [0.25, 0.3) is 0 Å². The molecule has 0 radical (unpaired) electrons. The van der Waals surface area contributed by atoms with Crippen molar-refractivity contribution in [2.45, 2.75) is 13.3 Å². The first kappa shape index (κ1) is 15.0. The summed E-state index contributed by atoms with van der Waals surface area (Å²) in [5.41, 5.74) is 0. The maximum Gasteiger partial charge on any atom is 0.502 e. The molecular formula is C8H21NO5P+. The molecular weight excluding hydrogens is 221 g/mol. The van der Waals surface area contributed by atoms with Crippen LogP contribution in [-0.2, 0) is 18.3 Å². The first-order valence-corrected chi connectivity index (χ1v) is 6.32. The Morgan fingerprint density at radius 3 is 2.13 bits per heavy atom. The minimum atomic E-state index is -3.76. The summed E-state index contributed by atoms with van der Waals surface area (Å²) in [6.45, 7) is 2.92. The standard InChI is InChI=1S/C8H20NO5P/c1-5-7-12-15(11,14-10)13-8-6-9(2,3)4/h5-8H2,1-4H3/p+1. The van der Waals surface area contributed by atoms with Crippen LogP contribution in [0.1, 0.15) is 13.3 Å². The van der Waals surface area contributed by atoms with Crippen molar-refractivity contribution in [3.63, 3.8) is 0 Å². The van der Waals surface area contributed by atoms with Gasteiger partial charge in [0.05, 0.1) is 27.7 Å². The maximum atomic E-state index is 11.5. The van der Waals surface area contributed by atoms with E-state index in [1.165, 1.54) is 0 Å². The molecule has 0 heterocycles. The smallest absolute Gasteiger partial charge is 0.329 e. The van der Waals surface area contributed by atoms with E-state index in [0.717, 1.165) is 0 Å². The van der Waals surface area contributed by atoms with Gasteiger partial charge < -0.3 is 4.48 Å². The lowest BCUT2D eigenvalue weighted by atomic mass is 10.5. The molecule has 0 aliphatic carbocycles. The van der Waals surface area contributed by atoms with E-state index in [-0.39, 0.29) is 13.2 Å².